The summed E-state index contributed by atoms with van der Waals surface area (Å²) in [5.41, 5.74) is 2.36. The zero-order valence-corrected chi connectivity index (χ0v) is 9.66. The van der Waals surface area contributed by atoms with E-state index in [1.165, 1.54) is 0 Å². The van der Waals surface area contributed by atoms with Gasteiger partial charge in [0.1, 0.15) is 0 Å². The zero-order valence-electron chi connectivity index (χ0n) is 9.66. The van der Waals surface area contributed by atoms with Crippen molar-refractivity contribution in [1.82, 2.24) is 10.4 Å². The lowest BCUT2D eigenvalue weighted by molar-refractivity contribution is -0.125. The van der Waals surface area contributed by atoms with E-state index >= 15 is 0 Å². The fraction of sp³-hybridized carbons (Fsp3) is 0.727. The summed E-state index contributed by atoms with van der Waals surface area (Å²) in [5.74, 6) is 0.588. The first-order valence-electron chi connectivity index (χ1n) is 5.42. The van der Waals surface area contributed by atoms with E-state index in [-0.39, 0.29) is 5.91 Å². The highest BCUT2D eigenvalue weighted by Gasteiger charge is 2.24. The number of carbonyl (C=O) groups is 1. The van der Waals surface area contributed by atoms with Gasteiger partial charge in [0.25, 0.3) is 5.91 Å². The van der Waals surface area contributed by atoms with Gasteiger partial charge in [-0.25, -0.2) is 5.48 Å². The average Bonchev–Trinajstić information content (AvgIpc) is 2.26. The fourth-order valence-corrected chi connectivity index (χ4v) is 1.95. The van der Waals surface area contributed by atoms with Crippen LogP contribution in [0.2, 0.25) is 0 Å². The van der Waals surface area contributed by atoms with Gasteiger partial charge in [0.2, 0.25) is 0 Å². The van der Waals surface area contributed by atoms with Crippen molar-refractivity contribution >= 4 is 5.91 Å². The first-order valence-corrected chi connectivity index (χ1v) is 5.42. The van der Waals surface area contributed by atoms with Crippen LogP contribution in [0.3, 0.4) is 0 Å². The number of rotatable bonds is 3. The van der Waals surface area contributed by atoms with Crippen LogP contribution in [0, 0.1) is 11.8 Å². The monoisotopic (exact) mass is 212 g/mol. The van der Waals surface area contributed by atoms with Gasteiger partial charge in [-0.3, -0.25) is 10.0 Å². The third kappa shape index (κ3) is 3.04. The van der Waals surface area contributed by atoms with E-state index < -0.39 is 0 Å². The van der Waals surface area contributed by atoms with E-state index in [2.05, 4.69) is 18.7 Å². The van der Waals surface area contributed by atoms with E-state index in [1.54, 1.807) is 5.48 Å². The van der Waals surface area contributed by atoms with Gasteiger partial charge in [0.05, 0.1) is 0 Å². The molecule has 0 aromatic rings. The summed E-state index contributed by atoms with van der Waals surface area (Å²) in [7, 11) is 1.99. The smallest absolute Gasteiger partial charge is 0.271 e. The summed E-state index contributed by atoms with van der Waals surface area (Å²) in [5, 5.41) is 8.60. The van der Waals surface area contributed by atoms with Crippen LogP contribution in [0.25, 0.3) is 0 Å². The Labute approximate surface area is 90.9 Å². The van der Waals surface area contributed by atoms with Gasteiger partial charge >= 0.3 is 0 Å². The largest absolute Gasteiger partial charge is 0.301 e. The molecule has 4 heteroatoms. The molecule has 0 radical (unpaired) electrons. The Kier molecular flexibility index (Phi) is 4.29. The molecule has 0 aliphatic carbocycles. The highest BCUT2D eigenvalue weighted by atomic mass is 16.5. The summed E-state index contributed by atoms with van der Waals surface area (Å²) in [6.45, 7) is 5.93. The normalized spacial score (nSPS) is 24.5. The second-order valence-electron chi connectivity index (χ2n) is 4.38. The Bertz CT molecular complexity index is 263. The fourth-order valence-electron chi connectivity index (χ4n) is 1.95. The third-order valence-corrected chi connectivity index (χ3v) is 3.15. The van der Waals surface area contributed by atoms with Crippen LogP contribution in [0.15, 0.2) is 11.6 Å². The second kappa shape index (κ2) is 5.28. The zero-order chi connectivity index (χ0) is 11.4. The Balaban J connectivity index is 2.78. The molecule has 2 N–H and O–H groups in total. The highest BCUT2D eigenvalue weighted by Crippen LogP contribution is 2.23. The molecule has 1 aliphatic rings. The lowest BCUT2D eigenvalue weighted by Crippen LogP contribution is -2.38. The standard InChI is InChI=1S/C11H20N2O2/c1-4-8(2)9-5-10(11(14)12-15)7-13(3)6-9/h5,8-9,15H,4,6-7H2,1-3H3,(H,12,14). The number of hydroxylamine groups is 1. The van der Waals surface area contributed by atoms with Crippen molar-refractivity contribution < 1.29 is 10.0 Å². The number of nitrogens with zero attached hydrogens (tertiary/aromatic N) is 1. The molecular formula is C11H20N2O2. The van der Waals surface area contributed by atoms with E-state index in [0.29, 0.717) is 24.0 Å². The molecule has 0 fully saturated rings. The molecule has 1 rings (SSSR count). The minimum atomic E-state index is -0.380. The Hall–Kier alpha value is -0.870. The van der Waals surface area contributed by atoms with Crippen LogP contribution in [0.4, 0.5) is 0 Å². The van der Waals surface area contributed by atoms with Crippen LogP contribution >= 0.6 is 0 Å². The van der Waals surface area contributed by atoms with Crippen molar-refractivity contribution in [3.05, 3.63) is 11.6 Å². The third-order valence-electron chi connectivity index (χ3n) is 3.15. The molecule has 0 saturated carbocycles. The number of hydrogen-bond acceptors (Lipinski definition) is 3. The second-order valence-corrected chi connectivity index (χ2v) is 4.38. The first kappa shape index (κ1) is 12.2. The van der Waals surface area contributed by atoms with Gasteiger partial charge in [-0.05, 0) is 18.9 Å². The van der Waals surface area contributed by atoms with E-state index in [1.807, 2.05) is 13.1 Å². The van der Waals surface area contributed by atoms with Crippen LogP contribution in [-0.2, 0) is 4.79 Å². The Morgan fingerprint density at radius 1 is 1.80 bits per heavy atom. The van der Waals surface area contributed by atoms with Crippen molar-refractivity contribution in [2.24, 2.45) is 11.8 Å². The quantitative estimate of drug-likeness (QED) is 0.542. The molecule has 0 aromatic heterocycles. The van der Waals surface area contributed by atoms with E-state index in [0.717, 1.165) is 13.0 Å². The summed E-state index contributed by atoms with van der Waals surface area (Å²) >= 11 is 0. The van der Waals surface area contributed by atoms with Crippen molar-refractivity contribution in [1.29, 1.82) is 0 Å². The molecule has 1 aliphatic heterocycles. The molecule has 0 aromatic carbocycles. The molecule has 15 heavy (non-hydrogen) atoms. The Morgan fingerprint density at radius 3 is 3.00 bits per heavy atom. The number of hydrogen-bond donors (Lipinski definition) is 2. The molecule has 0 bridgehead atoms. The van der Waals surface area contributed by atoms with Crippen molar-refractivity contribution in [2.45, 2.75) is 20.3 Å². The SMILES string of the molecule is CCC(C)C1C=C(C(=O)NO)CN(C)C1. The topological polar surface area (TPSA) is 52.6 Å². The van der Waals surface area contributed by atoms with Gasteiger partial charge < -0.3 is 4.90 Å². The predicted molar refractivity (Wildman–Crippen MR) is 58.5 cm³/mol. The van der Waals surface area contributed by atoms with Crippen molar-refractivity contribution in [3.63, 3.8) is 0 Å². The van der Waals surface area contributed by atoms with Crippen LogP contribution in [-0.4, -0.2) is 36.2 Å². The van der Waals surface area contributed by atoms with Crippen LogP contribution in [0.5, 0.6) is 0 Å². The molecular weight excluding hydrogens is 192 g/mol. The molecule has 2 atom stereocenters. The maximum absolute atomic E-state index is 11.3. The van der Waals surface area contributed by atoms with E-state index in [4.69, 9.17) is 5.21 Å². The van der Waals surface area contributed by atoms with Crippen molar-refractivity contribution in [2.75, 3.05) is 20.1 Å². The Morgan fingerprint density at radius 2 is 2.47 bits per heavy atom. The molecule has 4 nitrogen and oxygen atoms in total. The minimum Gasteiger partial charge on any atom is -0.301 e. The highest BCUT2D eigenvalue weighted by molar-refractivity contribution is 5.93. The van der Waals surface area contributed by atoms with E-state index in [9.17, 15) is 4.79 Å². The summed E-state index contributed by atoms with van der Waals surface area (Å²) < 4.78 is 0. The van der Waals surface area contributed by atoms with Gasteiger partial charge in [-0.2, -0.15) is 0 Å². The summed E-state index contributed by atoms with van der Waals surface area (Å²) in [4.78, 5) is 13.4. The first-order chi connectivity index (χ1) is 7.08. The van der Waals surface area contributed by atoms with Crippen molar-refractivity contribution in [3.8, 4) is 0 Å². The van der Waals surface area contributed by atoms with Crippen LogP contribution < -0.4 is 5.48 Å². The molecule has 0 saturated heterocycles. The minimum absolute atomic E-state index is 0.380. The van der Waals surface area contributed by atoms with Gasteiger partial charge in [0.15, 0.2) is 0 Å². The summed E-state index contributed by atoms with van der Waals surface area (Å²) in [6, 6.07) is 0. The molecule has 1 heterocycles. The maximum Gasteiger partial charge on any atom is 0.271 e. The number of likely N-dealkylation sites (N-methyl/N-ethyl adjacent to an activating group) is 1. The number of nitrogens with one attached hydrogen (secondary N) is 1. The predicted octanol–water partition coefficient (Wildman–Crippen LogP) is 1.03. The number of carbonyl (C=O) groups excluding carboxylic acids is 1. The number of amides is 1. The van der Waals surface area contributed by atoms with Gasteiger partial charge in [0, 0.05) is 18.7 Å². The van der Waals surface area contributed by atoms with Crippen LogP contribution in [0.1, 0.15) is 20.3 Å². The van der Waals surface area contributed by atoms with Gasteiger partial charge in [-0.1, -0.05) is 26.3 Å². The molecule has 86 valence electrons. The van der Waals surface area contributed by atoms with Gasteiger partial charge in [-0.15, -0.1) is 0 Å². The molecule has 2 unspecified atom stereocenters. The lowest BCUT2D eigenvalue weighted by atomic mass is 9.87. The lowest BCUT2D eigenvalue weighted by Gasteiger charge is -2.31. The summed E-state index contributed by atoms with van der Waals surface area (Å²) in [6.07, 6.45) is 3.10. The molecule has 0 spiro atoms. The maximum atomic E-state index is 11.3. The average molecular weight is 212 g/mol. The molecule has 1 amide bonds.